The summed E-state index contributed by atoms with van der Waals surface area (Å²) in [5.41, 5.74) is 7.84. The van der Waals surface area contributed by atoms with Crippen molar-refractivity contribution in [3.05, 3.63) is 23.8 Å². The Morgan fingerprint density at radius 2 is 2.00 bits per heavy atom. The minimum Gasteiger partial charge on any atom is -0.398 e. The van der Waals surface area contributed by atoms with Crippen molar-refractivity contribution in [3.63, 3.8) is 0 Å². The maximum atomic E-state index is 12.2. The third-order valence-electron chi connectivity index (χ3n) is 2.90. The molecule has 0 heterocycles. The zero-order chi connectivity index (χ0) is 13.7. The first-order valence-corrected chi connectivity index (χ1v) is 7.19. The Kier molecular flexibility index (Phi) is 5.54. The lowest BCUT2D eigenvalue weighted by Gasteiger charge is -2.22. The lowest BCUT2D eigenvalue weighted by atomic mass is 10.2. The van der Waals surface area contributed by atoms with Crippen LogP contribution in [0.1, 0.15) is 26.3 Å². The number of thioether (sulfide) groups is 1. The second-order valence-electron chi connectivity index (χ2n) is 4.31. The first kappa shape index (κ1) is 14.9. The van der Waals surface area contributed by atoms with E-state index in [0.717, 1.165) is 29.2 Å². The number of rotatable bonds is 5. The Labute approximate surface area is 114 Å². The van der Waals surface area contributed by atoms with E-state index in [4.69, 9.17) is 5.73 Å². The normalized spacial score (nSPS) is 12.2. The fourth-order valence-electron chi connectivity index (χ4n) is 1.78. The Balaban J connectivity index is 2.77. The highest BCUT2D eigenvalue weighted by atomic mass is 32.2. The van der Waals surface area contributed by atoms with Crippen molar-refractivity contribution in [1.82, 2.24) is 4.90 Å². The van der Waals surface area contributed by atoms with E-state index in [2.05, 4.69) is 0 Å². The van der Waals surface area contributed by atoms with E-state index in [1.165, 1.54) is 11.8 Å². The minimum absolute atomic E-state index is 0.103. The van der Waals surface area contributed by atoms with Crippen molar-refractivity contribution < 1.29 is 4.79 Å². The standard InChI is InChI=1S/C14H22N2OS/c1-5-16(6-2)14(17)11(4)18-13-9-10(3)7-8-12(13)15/h7-9,11H,5-6,15H2,1-4H3. The number of nitrogens with two attached hydrogens (primary N) is 1. The second kappa shape index (κ2) is 6.69. The van der Waals surface area contributed by atoms with E-state index in [9.17, 15) is 4.79 Å². The zero-order valence-corrected chi connectivity index (χ0v) is 12.4. The fourth-order valence-corrected chi connectivity index (χ4v) is 2.87. The van der Waals surface area contributed by atoms with Crippen LogP contribution in [0.25, 0.3) is 0 Å². The summed E-state index contributed by atoms with van der Waals surface area (Å²) >= 11 is 1.54. The summed E-state index contributed by atoms with van der Waals surface area (Å²) in [7, 11) is 0. The van der Waals surface area contributed by atoms with Gasteiger partial charge < -0.3 is 10.6 Å². The highest BCUT2D eigenvalue weighted by Gasteiger charge is 2.19. The summed E-state index contributed by atoms with van der Waals surface area (Å²) in [5, 5.41) is -0.103. The predicted molar refractivity (Wildman–Crippen MR) is 78.8 cm³/mol. The molecule has 0 fully saturated rings. The maximum Gasteiger partial charge on any atom is 0.235 e. The summed E-state index contributed by atoms with van der Waals surface area (Å²) in [4.78, 5) is 15.0. The molecule has 1 atom stereocenters. The number of nitrogens with zero attached hydrogens (tertiary/aromatic N) is 1. The molecule has 0 aliphatic carbocycles. The molecule has 2 N–H and O–H groups in total. The van der Waals surface area contributed by atoms with Gasteiger partial charge in [-0.1, -0.05) is 6.07 Å². The highest BCUT2D eigenvalue weighted by Crippen LogP contribution is 2.30. The van der Waals surface area contributed by atoms with Gasteiger partial charge in [0.05, 0.1) is 5.25 Å². The SMILES string of the molecule is CCN(CC)C(=O)C(C)Sc1cc(C)ccc1N. The van der Waals surface area contributed by atoms with E-state index in [1.54, 1.807) is 0 Å². The first-order chi connectivity index (χ1) is 8.49. The summed E-state index contributed by atoms with van der Waals surface area (Å²) in [6.07, 6.45) is 0. The first-order valence-electron chi connectivity index (χ1n) is 6.31. The Morgan fingerprint density at radius 1 is 1.39 bits per heavy atom. The van der Waals surface area contributed by atoms with E-state index in [0.29, 0.717) is 0 Å². The van der Waals surface area contributed by atoms with E-state index >= 15 is 0 Å². The summed E-state index contributed by atoms with van der Waals surface area (Å²) in [5.74, 6) is 0.172. The molecule has 0 aliphatic rings. The number of amides is 1. The number of hydrogen-bond acceptors (Lipinski definition) is 3. The van der Waals surface area contributed by atoms with Gasteiger partial charge in [0.25, 0.3) is 0 Å². The number of carbonyl (C=O) groups excluding carboxylic acids is 1. The molecule has 1 amide bonds. The van der Waals surface area contributed by atoms with Crippen molar-refractivity contribution in [2.24, 2.45) is 0 Å². The number of benzene rings is 1. The Morgan fingerprint density at radius 3 is 2.56 bits per heavy atom. The molecule has 1 rings (SSSR count). The van der Waals surface area contributed by atoms with Crippen LogP contribution in [0.4, 0.5) is 5.69 Å². The zero-order valence-electron chi connectivity index (χ0n) is 11.6. The van der Waals surface area contributed by atoms with Gasteiger partial charge in [0.1, 0.15) is 0 Å². The van der Waals surface area contributed by atoms with Crippen LogP contribution in [-0.2, 0) is 4.79 Å². The lowest BCUT2D eigenvalue weighted by Crippen LogP contribution is -2.36. The largest absolute Gasteiger partial charge is 0.398 e. The van der Waals surface area contributed by atoms with Crippen LogP contribution in [0, 0.1) is 6.92 Å². The molecule has 0 spiro atoms. The van der Waals surface area contributed by atoms with Crippen LogP contribution in [-0.4, -0.2) is 29.1 Å². The van der Waals surface area contributed by atoms with Crippen LogP contribution >= 0.6 is 11.8 Å². The molecule has 0 saturated heterocycles. The van der Waals surface area contributed by atoms with Crippen molar-refractivity contribution in [1.29, 1.82) is 0 Å². The molecule has 0 radical (unpaired) electrons. The molecule has 4 heteroatoms. The van der Waals surface area contributed by atoms with Gasteiger partial charge in [-0.05, 0) is 45.4 Å². The molecule has 1 aromatic rings. The van der Waals surface area contributed by atoms with Crippen molar-refractivity contribution in [3.8, 4) is 0 Å². The maximum absolute atomic E-state index is 12.2. The van der Waals surface area contributed by atoms with Crippen LogP contribution < -0.4 is 5.73 Å². The fraction of sp³-hybridized carbons (Fsp3) is 0.500. The molecule has 0 bridgehead atoms. The Hall–Kier alpha value is -1.16. The predicted octanol–water partition coefficient (Wildman–Crippen LogP) is 2.93. The number of anilines is 1. The van der Waals surface area contributed by atoms with Crippen molar-refractivity contribution in [2.45, 2.75) is 37.8 Å². The second-order valence-corrected chi connectivity index (χ2v) is 5.69. The molecule has 1 aromatic carbocycles. The van der Waals surface area contributed by atoms with Crippen LogP contribution in [0.5, 0.6) is 0 Å². The average molecular weight is 266 g/mol. The number of nitrogen functional groups attached to an aromatic ring is 1. The van der Waals surface area contributed by atoms with Gasteiger partial charge in [0, 0.05) is 23.7 Å². The van der Waals surface area contributed by atoms with Crippen LogP contribution in [0.2, 0.25) is 0 Å². The third kappa shape index (κ3) is 3.67. The van der Waals surface area contributed by atoms with Crippen molar-refractivity contribution >= 4 is 23.4 Å². The molecule has 18 heavy (non-hydrogen) atoms. The third-order valence-corrected chi connectivity index (χ3v) is 4.06. The van der Waals surface area contributed by atoms with Gasteiger partial charge in [-0.3, -0.25) is 4.79 Å². The molecular formula is C14H22N2OS. The van der Waals surface area contributed by atoms with E-state index < -0.39 is 0 Å². The summed E-state index contributed by atoms with van der Waals surface area (Å²) < 4.78 is 0. The average Bonchev–Trinajstić information content (AvgIpc) is 2.35. The van der Waals surface area contributed by atoms with Gasteiger partial charge in [-0.15, -0.1) is 11.8 Å². The molecule has 0 saturated carbocycles. The molecule has 0 aromatic heterocycles. The molecule has 0 aliphatic heterocycles. The van der Waals surface area contributed by atoms with Crippen LogP contribution in [0.3, 0.4) is 0 Å². The number of aryl methyl sites for hydroxylation is 1. The van der Waals surface area contributed by atoms with Gasteiger partial charge in [-0.25, -0.2) is 0 Å². The van der Waals surface area contributed by atoms with Gasteiger partial charge in [0.15, 0.2) is 0 Å². The molecule has 100 valence electrons. The van der Waals surface area contributed by atoms with Gasteiger partial charge in [-0.2, -0.15) is 0 Å². The highest BCUT2D eigenvalue weighted by molar-refractivity contribution is 8.00. The monoisotopic (exact) mass is 266 g/mol. The van der Waals surface area contributed by atoms with Gasteiger partial charge >= 0.3 is 0 Å². The van der Waals surface area contributed by atoms with Crippen LogP contribution in [0.15, 0.2) is 23.1 Å². The lowest BCUT2D eigenvalue weighted by molar-refractivity contribution is -0.129. The van der Waals surface area contributed by atoms with Gasteiger partial charge in [0.2, 0.25) is 5.91 Å². The van der Waals surface area contributed by atoms with E-state index in [1.807, 2.05) is 50.8 Å². The number of hydrogen-bond donors (Lipinski definition) is 1. The number of carbonyl (C=O) groups is 1. The topological polar surface area (TPSA) is 46.3 Å². The smallest absolute Gasteiger partial charge is 0.235 e. The van der Waals surface area contributed by atoms with Crippen molar-refractivity contribution in [2.75, 3.05) is 18.8 Å². The van der Waals surface area contributed by atoms with E-state index in [-0.39, 0.29) is 11.2 Å². The molecule has 3 nitrogen and oxygen atoms in total. The molecular weight excluding hydrogens is 244 g/mol. The Bertz CT molecular complexity index is 416. The summed E-state index contributed by atoms with van der Waals surface area (Å²) in [6.45, 7) is 9.47. The molecule has 1 unspecified atom stereocenters. The summed E-state index contributed by atoms with van der Waals surface area (Å²) in [6, 6.07) is 5.91. The minimum atomic E-state index is -0.103. The quantitative estimate of drug-likeness (QED) is 0.658.